The molecule has 3 rings (SSSR count). The zero-order valence-corrected chi connectivity index (χ0v) is 14.1. The van der Waals surface area contributed by atoms with Crippen LogP contribution in [0.3, 0.4) is 0 Å². The van der Waals surface area contributed by atoms with Gasteiger partial charge >= 0.3 is 6.18 Å². The molecule has 23 heavy (non-hydrogen) atoms. The minimum atomic E-state index is -4.30. The maximum atomic E-state index is 13.0. The molecule has 126 valence electrons. The van der Waals surface area contributed by atoms with Crippen molar-refractivity contribution in [3.05, 3.63) is 35.5 Å². The van der Waals surface area contributed by atoms with Crippen molar-refractivity contribution in [3.63, 3.8) is 0 Å². The summed E-state index contributed by atoms with van der Waals surface area (Å²) < 4.78 is 44.3. The maximum Gasteiger partial charge on any atom is 0.416 e. The molecule has 6 heteroatoms. The molecule has 0 radical (unpaired) electrons. The molecular formula is C17H21F3N2S. The van der Waals surface area contributed by atoms with E-state index in [9.17, 15) is 13.2 Å². The fraction of sp³-hybridized carbons (Fsp3) is 0.529. The average molecular weight is 342 g/mol. The lowest BCUT2D eigenvalue weighted by atomic mass is 10.1. The van der Waals surface area contributed by atoms with Crippen molar-refractivity contribution in [1.29, 1.82) is 0 Å². The first kappa shape index (κ1) is 16.7. The van der Waals surface area contributed by atoms with E-state index in [1.54, 1.807) is 18.0 Å². The number of hydrogen-bond acceptors (Lipinski definition) is 2. The van der Waals surface area contributed by atoms with Crippen LogP contribution in [0.2, 0.25) is 0 Å². The fourth-order valence-electron chi connectivity index (χ4n) is 2.65. The number of nitrogens with one attached hydrogen (secondary N) is 1. The van der Waals surface area contributed by atoms with Crippen LogP contribution in [0.5, 0.6) is 0 Å². The summed E-state index contributed by atoms with van der Waals surface area (Å²) in [6.07, 6.45) is 0.191. The van der Waals surface area contributed by atoms with E-state index in [-0.39, 0.29) is 0 Å². The van der Waals surface area contributed by atoms with Crippen LogP contribution in [0.4, 0.5) is 13.2 Å². The Hall–Kier alpha value is -1.14. The minimum Gasteiger partial charge on any atom is -0.347 e. The molecule has 0 spiro atoms. The van der Waals surface area contributed by atoms with Crippen molar-refractivity contribution in [3.8, 4) is 0 Å². The summed E-state index contributed by atoms with van der Waals surface area (Å²) in [5, 5.41) is 1.61. The summed E-state index contributed by atoms with van der Waals surface area (Å²) in [6, 6.07) is 4.06. The molecule has 1 fully saturated rings. The van der Waals surface area contributed by atoms with Crippen LogP contribution in [0.25, 0.3) is 10.9 Å². The van der Waals surface area contributed by atoms with Gasteiger partial charge in [0.15, 0.2) is 0 Å². The van der Waals surface area contributed by atoms with E-state index < -0.39 is 11.7 Å². The van der Waals surface area contributed by atoms with Gasteiger partial charge in [0, 0.05) is 35.4 Å². The molecule has 0 amide bonds. The number of aromatic nitrogens is 1. The topological polar surface area (TPSA) is 17.0 Å². The second-order valence-corrected chi connectivity index (χ2v) is 7.76. The van der Waals surface area contributed by atoms with Gasteiger partial charge in [-0.05, 0) is 36.5 Å². The lowest BCUT2D eigenvalue weighted by molar-refractivity contribution is -0.137. The molecule has 1 heterocycles. The van der Waals surface area contributed by atoms with Gasteiger partial charge in [-0.1, -0.05) is 31.9 Å². The quantitative estimate of drug-likeness (QED) is 0.725. The number of halogens is 3. The van der Waals surface area contributed by atoms with Crippen molar-refractivity contribution in [2.75, 3.05) is 0 Å². The molecule has 0 unspecified atom stereocenters. The van der Waals surface area contributed by atoms with Crippen molar-refractivity contribution in [2.24, 2.45) is 5.92 Å². The van der Waals surface area contributed by atoms with Crippen molar-refractivity contribution < 1.29 is 13.2 Å². The number of benzene rings is 1. The van der Waals surface area contributed by atoms with Gasteiger partial charge in [0.1, 0.15) is 0 Å². The van der Waals surface area contributed by atoms with Crippen molar-refractivity contribution in [1.82, 2.24) is 9.29 Å². The molecule has 1 aromatic heterocycles. The SMILES string of the molecule is CC(C)Cn1cc(CNSC2CC2)c2ccc(C(F)(F)F)cc21. The Labute approximate surface area is 138 Å². The Morgan fingerprint density at radius 2 is 2.04 bits per heavy atom. The van der Waals surface area contributed by atoms with Gasteiger partial charge in [-0.3, -0.25) is 4.72 Å². The summed E-state index contributed by atoms with van der Waals surface area (Å²) in [6.45, 7) is 5.53. The Morgan fingerprint density at radius 3 is 2.65 bits per heavy atom. The molecule has 1 aromatic carbocycles. The predicted molar refractivity (Wildman–Crippen MR) is 89.2 cm³/mol. The van der Waals surface area contributed by atoms with Crippen LogP contribution in [0.15, 0.2) is 24.4 Å². The average Bonchev–Trinajstić information content (AvgIpc) is 3.21. The minimum absolute atomic E-state index is 0.377. The first-order chi connectivity index (χ1) is 10.8. The third-order valence-corrected chi connectivity index (χ3v) is 5.01. The van der Waals surface area contributed by atoms with Crippen molar-refractivity contribution >= 4 is 22.9 Å². The molecule has 1 aliphatic carbocycles. The Bertz CT molecular complexity index is 687. The standard InChI is InChI=1S/C17H21F3N2S/c1-11(2)9-22-10-12(8-21-23-14-4-5-14)15-6-3-13(7-16(15)22)17(18,19)20/h3,6-7,10-11,14,21H,4-5,8-9H2,1-2H3. The molecule has 0 aliphatic heterocycles. The molecule has 1 saturated carbocycles. The van der Waals surface area contributed by atoms with E-state index in [0.717, 1.165) is 10.9 Å². The number of nitrogens with zero attached hydrogens (tertiary/aromatic N) is 1. The number of fused-ring (bicyclic) bond motifs is 1. The molecule has 0 saturated heterocycles. The van der Waals surface area contributed by atoms with Gasteiger partial charge in [0.2, 0.25) is 0 Å². The lowest BCUT2D eigenvalue weighted by Gasteiger charge is -2.10. The van der Waals surface area contributed by atoms with Gasteiger partial charge in [-0.15, -0.1) is 0 Å². The van der Waals surface area contributed by atoms with Gasteiger partial charge < -0.3 is 4.57 Å². The highest BCUT2D eigenvalue weighted by atomic mass is 32.2. The highest BCUT2D eigenvalue weighted by molar-refractivity contribution is 7.98. The monoisotopic (exact) mass is 342 g/mol. The largest absolute Gasteiger partial charge is 0.416 e. The first-order valence-electron chi connectivity index (χ1n) is 7.92. The van der Waals surface area contributed by atoms with Crippen LogP contribution in [-0.4, -0.2) is 9.82 Å². The first-order valence-corrected chi connectivity index (χ1v) is 8.80. The Kier molecular flexibility index (Phi) is 4.65. The Balaban J connectivity index is 1.92. The van der Waals surface area contributed by atoms with E-state index in [4.69, 9.17) is 0 Å². The zero-order valence-electron chi connectivity index (χ0n) is 13.3. The summed E-state index contributed by atoms with van der Waals surface area (Å²) in [7, 11) is 0. The molecule has 2 aromatic rings. The molecule has 1 N–H and O–H groups in total. The van der Waals surface area contributed by atoms with Crippen LogP contribution >= 0.6 is 11.9 Å². The summed E-state index contributed by atoms with van der Waals surface area (Å²) in [5.41, 5.74) is 1.14. The zero-order chi connectivity index (χ0) is 16.6. The summed E-state index contributed by atoms with van der Waals surface area (Å²) in [4.78, 5) is 0. The van der Waals surface area contributed by atoms with Crippen LogP contribution in [-0.2, 0) is 19.3 Å². The maximum absolute atomic E-state index is 13.0. The molecule has 0 atom stereocenters. The van der Waals surface area contributed by atoms with Crippen LogP contribution < -0.4 is 4.72 Å². The molecular weight excluding hydrogens is 321 g/mol. The van der Waals surface area contributed by atoms with E-state index >= 15 is 0 Å². The third-order valence-electron chi connectivity index (χ3n) is 3.89. The molecule has 2 nitrogen and oxygen atoms in total. The Morgan fingerprint density at radius 1 is 1.30 bits per heavy atom. The van der Waals surface area contributed by atoms with Gasteiger partial charge in [0.05, 0.1) is 5.56 Å². The smallest absolute Gasteiger partial charge is 0.347 e. The molecule has 1 aliphatic rings. The normalized spacial score (nSPS) is 15.7. The number of rotatable bonds is 6. The second-order valence-electron chi connectivity index (χ2n) is 6.57. The van der Waals surface area contributed by atoms with Gasteiger partial charge in [0.25, 0.3) is 0 Å². The summed E-state index contributed by atoms with van der Waals surface area (Å²) >= 11 is 1.74. The number of alkyl halides is 3. The van der Waals surface area contributed by atoms with E-state index in [2.05, 4.69) is 18.6 Å². The van der Waals surface area contributed by atoms with E-state index in [1.165, 1.54) is 25.0 Å². The molecule has 0 bridgehead atoms. The van der Waals surface area contributed by atoms with Crippen LogP contribution in [0.1, 0.15) is 37.8 Å². The van der Waals surface area contributed by atoms with Gasteiger partial charge in [-0.25, -0.2) is 0 Å². The van der Waals surface area contributed by atoms with Crippen molar-refractivity contribution in [2.45, 2.75) is 51.2 Å². The summed E-state index contributed by atoms with van der Waals surface area (Å²) in [5.74, 6) is 0.377. The fourth-order valence-corrected chi connectivity index (χ4v) is 3.50. The highest BCUT2D eigenvalue weighted by Crippen LogP contribution is 2.34. The highest BCUT2D eigenvalue weighted by Gasteiger charge is 2.31. The van der Waals surface area contributed by atoms with E-state index in [0.29, 0.717) is 29.8 Å². The van der Waals surface area contributed by atoms with Gasteiger partial charge in [-0.2, -0.15) is 13.2 Å². The second kappa shape index (κ2) is 6.40. The van der Waals surface area contributed by atoms with Crippen LogP contribution in [0, 0.1) is 5.92 Å². The van der Waals surface area contributed by atoms with E-state index in [1.807, 2.05) is 10.8 Å². The predicted octanol–water partition coefficient (Wildman–Crippen LogP) is 5.22. The third kappa shape index (κ3) is 4.04. The lowest BCUT2D eigenvalue weighted by Crippen LogP contribution is -2.06. The number of hydrogen-bond donors (Lipinski definition) is 1.